The minimum atomic E-state index is 0.0978. The highest BCUT2D eigenvalue weighted by atomic mass is 16.1. The second-order valence-corrected chi connectivity index (χ2v) is 7.03. The summed E-state index contributed by atoms with van der Waals surface area (Å²) in [5.74, 6) is 0.547. The molecule has 0 aromatic heterocycles. The van der Waals surface area contributed by atoms with Crippen molar-refractivity contribution >= 4 is 6.41 Å². The number of carbonyl (C=O) groups excluding carboxylic acids is 1. The minimum absolute atomic E-state index is 0.0978. The monoisotopic (exact) mass is 285 g/mol. The van der Waals surface area contributed by atoms with Gasteiger partial charge in [-0.3, -0.25) is 4.79 Å². The Labute approximate surface area is 128 Å². The van der Waals surface area contributed by atoms with Crippen molar-refractivity contribution < 1.29 is 4.79 Å². The van der Waals surface area contributed by atoms with Gasteiger partial charge in [-0.2, -0.15) is 0 Å². The van der Waals surface area contributed by atoms with Crippen molar-refractivity contribution in [3.63, 3.8) is 0 Å². The van der Waals surface area contributed by atoms with Crippen molar-refractivity contribution in [2.75, 3.05) is 0 Å². The zero-order valence-electron chi connectivity index (χ0n) is 13.2. The van der Waals surface area contributed by atoms with Crippen molar-refractivity contribution in [2.45, 2.75) is 76.3 Å². The molecule has 1 saturated carbocycles. The summed E-state index contributed by atoms with van der Waals surface area (Å²) in [7, 11) is 0. The fourth-order valence-electron chi connectivity index (χ4n) is 4.51. The van der Waals surface area contributed by atoms with Gasteiger partial charge in [-0.05, 0) is 36.3 Å². The molecule has 0 radical (unpaired) electrons. The Bertz CT molecular complexity index is 488. The van der Waals surface area contributed by atoms with Gasteiger partial charge in [0.05, 0.1) is 0 Å². The summed E-state index contributed by atoms with van der Waals surface area (Å²) in [6.07, 6.45) is 11.2. The maximum atomic E-state index is 11.8. The summed E-state index contributed by atoms with van der Waals surface area (Å²) in [6.45, 7) is 3.14. The summed E-state index contributed by atoms with van der Waals surface area (Å²) < 4.78 is 0. The molecule has 21 heavy (non-hydrogen) atoms. The normalized spacial score (nSPS) is 25.6. The molecule has 1 unspecified atom stereocenters. The van der Waals surface area contributed by atoms with E-state index in [2.05, 4.69) is 36.1 Å². The first-order chi connectivity index (χ1) is 10.2. The molecule has 1 aromatic carbocycles. The molecule has 1 atom stereocenters. The van der Waals surface area contributed by atoms with E-state index < -0.39 is 0 Å². The number of nitrogens with zero attached hydrogens (tertiary/aromatic N) is 1. The van der Waals surface area contributed by atoms with Crippen LogP contribution in [0.25, 0.3) is 0 Å². The van der Waals surface area contributed by atoms with E-state index in [0.29, 0.717) is 5.92 Å². The van der Waals surface area contributed by atoms with Crippen LogP contribution in [0, 0.1) is 0 Å². The quantitative estimate of drug-likeness (QED) is 0.689. The Balaban J connectivity index is 1.95. The van der Waals surface area contributed by atoms with Gasteiger partial charge < -0.3 is 4.90 Å². The largest absolute Gasteiger partial charge is 0.335 e. The van der Waals surface area contributed by atoms with E-state index in [1.807, 2.05) is 0 Å². The summed E-state index contributed by atoms with van der Waals surface area (Å²) in [4.78, 5) is 14.0. The van der Waals surface area contributed by atoms with E-state index in [-0.39, 0.29) is 5.54 Å². The van der Waals surface area contributed by atoms with Crippen LogP contribution in [0.15, 0.2) is 24.3 Å². The maximum Gasteiger partial charge on any atom is 0.210 e. The first-order valence-electron chi connectivity index (χ1n) is 8.55. The number of fused-ring (bicyclic) bond motifs is 1. The Morgan fingerprint density at radius 1 is 1.10 bits per heavy atom. The number of hydrogen-bond acceptors (Lipinski definition) is 1. The maximum absolute atomic E-state index is 11.8. The van der Waals surface area contributed by atoms with Crippen molar-refractivity contribution in [2.24, 2.45) is 0 Å². The molecule has 1 aliphatic heterocycles. The smallest absolute Gasteiger partial charge is 0.210 e. The SMILES string of the molecule is CC1CC2(CCCCCCC2)N(C=O)Cc2ccccc21. The number of amides is 1. The van der Waals surface area contributed by atoms with Gasteiger partial charge in [-0.15, -0.1) is 0 Å². The molecule has 2 nitrogen and oxygen atoms in total. The van der Waals surface area contributed by atoms with Crippen LogP contribution >= 0.6 is 0 Å². The van der Waals surface area contributed by atoms with Crippen LogP contribution in [-0.2, 0) is 11.3 Å². The fraction of sp³-hybridized carbons (Fsp3) is 0.632. The minimum Gasteiger partial charge on any atom is -0.335 e. The van der Waals surface area contributed by atoms with Gasteiger partial charge in [-0.1, -0.05) is 63.3 Å². The first-order valence-corrected chi connectivity index (χ1v) is 8.55. The summed E-state index contributed by atoms with van der Waals surface area (Å²) in [5, 5.41) is 0. The third kappa shape index (κ3) is 2.86. The Kier molecular flexibility index (Phi) is 4.32. The molecule has 0 N–H and O–H groups in total. The fourth-order valence-corrected chi connectivity index (χ4v) is 4.51. The molecule has 1 heterocycles. The topological polar surface area (TPSA) is 20.3 Å². The van der Waals surface area contributed by atoms with Crippen LogP contribution in [0.5, 0.6) is 0 Å². The molecule has 114 valence electrons. The highest BCUT2D eigenvalue weighted by Gasteiger charge is 2.40. The van der Waals surface area contributed by atoms with Crippen molar-refractivity contribution in [3.8, 4) is 0 Å². The second kappa shape index (κ2) is 6.21. The predicted octanol–water partition coefficient (Wildman–Crippen LogP) is 4.64. The zero-order chi connectivity index (χ0) is 14.7. The van der Waals surface area contributed by atoms with Gasteiger partial charge in [-0.25, -0.2) is 0 Å². The highest BCUT2D eigenvalue weighted by molar-refractivity contribution is 5.51. The molecule has 2 heteroatoms. The molecule has 2 aliphatic rings. The van der Waals surface area contributed by atoms with Gasteiger partial charge in [0.2, 0.25) is 6.41 Å². The summed E-state index contributed by atoms with van der Waals surface area (Å²) in [6, 6.07) is 8.69. The molecule has 0 bridgehead atoms. The Morgan fingerprint density at radius 2 is 1.76 bits per heavy atom. The van der Waals surface area contributed by atoms with Crippen molar-refractivity contribution in [1.29, 1.82) is 0 Å². The van der Waals surface area contributed by atoms with E-state index in [0.717, 1.165) is 19.4 Å². The number of rotatable bonds is 1. The van der Waals surface area contributed by atoms with E-state index in [4.69, 9.17) is 0 Å². The van der Waals surface area contributed by atoms with E-state index in [1.165, 1.54) is 56.1 Å². The standard InChI is InChI=1S/C19H27NO/c1-16-13-19(11-7-3-2-4-8-12-19)20(15-21)14-17-9-5-6-10-18(16)17/h5-6,9-10,15-16H,2-4,7-8,11-14H2,1H3. The molecular formula is C19H27NO. The predicted molar refractivity (Wildman–Crippen MR) is 86.1 cm³/mol. The molecule has 3 rings (SSSR count). The lowest BCUT2D eigenvalue weighted by Gasteiger charge is -2.43. The van der Waals surface area contributed by atoms with Crippen LogP contribution in [-0.4, -0.2) is 16.8 Å². The lowest BCUT2D eigenvalue weighted by atomic mass is 9.76. The van der Waals surface area contributed by atoms with Crippen LogP contribution in [0.4, 0.5) is 0 Å². The number of benzene rings is 1. The molecule has 1 amide bonds. The lowest BCUT2D eigenvalue weighted by molar-refractivity contribution is -0.126. The van der Waals surface area contributed by atoms with Crippen LogP contribution in [0.1, 0.15) is 75.3 Å². The summed E-state index contributed by atoms with van der Waals surface area (Å²) >= 11 is 0. The van der Waals surface area contributed by atoms with Crippen LogP contribution < -0.4 is 0 Å². The highest BCUT2D eigenvalue weighted by Crippen LogP contribution is 2.43. The van der Waals surface area contributed by atoms with Gasteiger partial charge in [0, 0.05) is 12.1 Å². The molecular weight excluding hydrogens is 258 g/mol. The Hall–Kier alpha value is -1.31. The molecule has 0 saturated heterocycles. The lowest BCUT2D eigenvalue weighted by Crippen LogP contribution is -2.47. The third-order valence-corrected chi connectivity index (χ3v) is 5.63. The van der Waals surface area contributed by atoms with Crippen LogP contribution in [0.2, 0.25) is 0 Å². The van der Waals surface area contributed by atoms with Gasteiger partial charge in [0.1, 0.15) is 0 Å². The van der Waals surface area contributed by atoms with Crippen molar-refractivity contribution in [3.05, 3.63) is 35.4 Å². The average molecular weight is 285 g/mol. The van der Waals surface area contributed by atoms with Gasteiger partial charge >= 0.3 is 0 Å². The molecule has 1 aliphatic carbocycles. The summed E-state index contributed by atoms with van der Waals surface area (Å²) in [5.41, 5.74) is 2.89. The van der Waals surface area contributed by atoms with E-state index >= 15 is 0 Å². The second-order valence-electron chi connectivity index (χ2n) is 7.03. The van der Waals surface area contributed by atoms with Gasteiger partial charge in [0.25, 0.3) is 0 Å². The molecule has 1 spiro atoms. The van der Waals surface area contributed by atoms with Crippen molar-refractivity contribution in [1.82, 2.24) is 4.90 Å². The van der Waals surface area contributed by atoms with E-state index in [1.54, 1.807) is 0 Å². The van der Waals surface area contributed by atoms with Gasteiger partial charge in [0.15, 0.2) is 0 Å². The molecule has 1 aromatic rings. The van der Waals surface area contributed by atoms with Crippen LogP contribution in [0.3, 0.4) is 0 Å². The number of hydrogen-bond donors (Lipinski definition) is 0. The Morgan fingerprint density at radius 3 is 2.48 bits per heavy atom. The number of carbonyl (C=O) groups is 1. The first kappa shape index (κ1) is 14.6. The third-order valence-electron chi connectivity index (χ3n) is 5.63. The van der Waals surface area contributed by atoms with E-state index in [9.17, 15) is 4.79 Å². The average Bonchev–Trinajstić information content (AvgIpc) is 2.59. The molecule has 1 fully saturated rings. The zero-order valence-corrected chi connectivity index (χ0v) is 13.2.